The molecule has 1 N–H and O–H groups in total. The Labute approximate surface area is 350 Å². The van der Waals surface area contributed by atoms with E-state index in [0.29, 0.717) is 31.6 Å². The first kappa shape index (κ1) is 45.3. The van der Waals surface area contributed by atoms with E-state index in [0.717, 1.165) is 40.2 Å². The fourth-order valence-electron chi connectivity index (χ4n) is 8.79. The van der Waals surface area contributed by atoms with Gasteiger partial charge < -0.3 is 27.6 Å². The number of ether oxygens (including phenoxy) is 1. The number of amides is 1. The number of nitrogens with zero attached hydrogens (tertiary/aromatic N) is 1. The van der Waals surface area contributed by atoms with Crippen molar-refractivity contribution in [2.75, 3.05) is 11.9 Å². The maximum atomic E-state index is 14.7. The van der Waals surface area contributed by atoms with Crippen LogP contribution >= 0.6 is 0 Å². The van der Waals surface area contributed by atoms with E-state index >= 15 is 0 Å². The van der Waals surface area contributed by atoms with E-state index in [1.807, 2.05) is 61.5 Å². The Morgan fingerprint density at radius 2 is 1.22 bits per heavy atom. The second-order valence-corrected chi connectivity index (χ2v) is 26.2. The van der Waals surface area contributed by atoms with Crippen molar-refractivity contribution >= 4 is 34.7 Å². The molecule has 0 spiro atoms. The summed E-state index contributed by atoms with van der Waals surface area (Å²) >= 11 is 0. The zero-order valence-electron chi connectivity index (χ0n) is 36.8. The van der Waals surface area contributed by atoms with E-state index in [9.17, 15) is 9.59 Å². The average molecular weight is 825 g/mol. The number of nitrogens with one attached hydrogen (secondary N) is 1. The Bertz CT molecular complexity index is 1910. The zero-order valence-corrected chi connectivity index (χ0v) is 38.8. The maximum absolute atomic E-state index is 14.7. The number of esters is 1. The summed E-state index contributed by atoms with van der Waals surface area (Å²) in [6, 6.07) is 30.3. The summed E-state index contributed by atoms with van der Waals surface area (Å²) in [5.74, 6) is -0.391. The van der Waals surface area contributed by atoms with E-state index in [-0.39, 0.29) is 52.5 Å². The number of aromatic nitrogens is 1. The van der Waals surface area contributed by atoms with Crippen LogP contribution in [0, 0.1) is 0 Å². The average Bonchev–Trinajstić information content (AvgIpc) is 3.54. The number of hydrogen-bond donors (Lipinski definition) is 1. The third kappa shape index (κ3) is 9.96. The number of hydrogen-bond acceptors (Lipinski definition) is 6. The first-order valence-electron chi connectivity index (χ1n) is 21.6. The van der Waals surface area contributed by atoms with Gasteiger partial charge in [-0.2, -0.15) is 0 Å². The summed E-state index contributed by atoms with van der Waals surface area (Å²) in [4.78, 5) is 28.1. The SMILES string of the molecule is CCCOC(=O)CC1CC(CCn2c(-c3ccccc3)c(-c3ccccc3)c(C(=O)Nc3ccccc3)c2C(C)C)O[Si](C(C)C)(C(C)C)O[Si](C(C)C)(C(C)C)O1. The lowest BCUT2D eigenvalue weighted by molar-refractivity contribution is -0.146. The van der Waals surface area contributed by atoms with Crippen LogP contribution in [0.5, 0.6) is 0 Å². The minimum Gasteiger partial charge on any atom is -0.466 e. The molecule has 2 atom stereocenters. The summed E-state index contributed by atoms with van der Waals surface area (Å²) in [6.07, 6.45) is 1.37. The summed E-state index contributed by atoms with van der Waals surface area (Å²) in [6.45, 7) is 25.1. The second kappa shape index (κ2) is 20.0. The predicted molar refractivity (Wildman–Crippen MR) is 242 cm³/mol. The van der Waals surface area contributed by atoms with Crippen LogP contribution in [0.3, 0.4) is 0 Å². The highest BCUT2D eigenvalue weighted by atomic mass is 28.5. The molecule has 3 aromatic carbocycles. The van der Waals surface area contributed by atoms with Crippen molar-refractivity contribution in [1.82, 2.24) is 4.57 Å². The van der Waals surface area contributed by atoms with Gasteiger partial charge in [-0.05, 0) is 70.6 Å². The minimum absolute atomic E-state index is 0.00550. The molecule has 58 heavy (non-hydrogen) atoms. The van der Waals surface area contributed by atoms with Crippen molar-refractivity contribution < 1.29 is 27.3 Å². The molecule has 10 heteroatoms. The van der Waals surface area contributed by atoms with Crippen molar-refractivity contribution in [3.8, 4) is 22.4 Å². The molecule has 2 heterocycles. The Hall–Kier alpha value is -3.81. The summed E-state index contributed by atoms with van der Waals surface area (Å²) in [5.41, 5.74) is 6.88. The quantitative estimate of drug-likeness (QED) is 0.0894. The van der Waals surface area contributed by atoms with Gasteiger partial charge in [0.05, 0.1) is 36.5 Å². The summed E-state index contributed by atoms with van der Waals surface area (Å²) < 4.78 is 30.6. The molecule has 8 nitrogen and oxygen atoms in total. The number of rotatable bonds is 16. The maximum Gasteiger partial charge on any atom is 0.334 e. The summed E-state index contributed by atoms with van der Waals surface area (Å²) in [5, 5.41) is 3.23. The van der Waals surface area contributed by atoms with Gasteiger partial charge in [0.1, 0.15) is 0 Å². The van der Waals surface area contributed by atoms with Gasteiger partial charge in [-0.1, -0.05) is 155 Å². The zero-order chi connectivity index (χ0) is 42.2. The fraction of sp³-hybridized carbons (Fsp3) is 0.500. The molecule has 5 rings (SSSR count). The lowest BCUT2D eigenvalue weighted by Gasteiger charge is -2.52. The third-order valence-corrected chi connectivity index (χ3v) is 21.9. The molecule has 0 bridgehead atoms. The third-order valence-electron chi connectivity index (χ3n) is 11.5. The van der Waals surface area contributed by atoms with Crippen LogP contribution in [0.25, 0.3) is 22.4 Å². The molecule has 314 valence electrons. The number of para-hydroxylation sites is 1. The van der Waals surface area contributed by atoms with Crippen LogP contribution < -0.4 is 5.32 Å². The molecular weight excluding hydrogens is 757 g/mol. The molecule has 2 unspecified atom stereocenters. The molecule has 1 saturated heterocycles. The largest absolute Gasteiger partial charge is 0.466 e. The Kier molecular flexibility index (Phi) is 15.6. The van der Waals surface area contributed by atoms with Crippen molar-refractivity contribution in [2.45, 2.75) is 149 Å². The van der Waals surface area contributed by atoms with Crippen LogP contribution in [0.15, 0.2) is 91.0 Å². The first-order chi connectivity index (χ1) is 27.6. The lowest BCUT2D eigenvalue weighted by Crippen LogP contribution is -2.64. The summed E-state index contributed by atoms with van der Waals surface area (Å²) in [7, 11) is -5.90. The van der Waals surface area contributed by atoms with Gasteiger partial charge in [0.25, 0.3) is 5.91 Å². The molecular formula is C48H68N2O6Si2. The predicted octanol–water partition coefficient (Wildman–Crippen LogP) is 12.6. The topological polar surface area (TPSA) is 88.0 Å². The van der Waals surface area contributed by atoms with Gasteiger partial charge in [0.15, 0.2) is 0 Å². The van der Waals surface area contributed by atoms with Gasteiger partial charge in [-0.3, -0.25) is 9.59 Å². The van der Waals surface area contributed by atoms with Crippen LogP contribution in [0.2, 0.25) is 22.2 Å². The van der Waals surface area contributed by atoms with Crippen LogP contribution in [0.4, 0.5) is 5.69 Å². The van der Waals surface area contributed by atoms with Crippen molar-refractivity contribution in [3.05, 3.63) is 102 Å². The Morgan fingerprint density at radius 1 is 0.724 bits per heavy atom. The highest BCUT2D eigenvalue weighted by Gasteiger charge is 2.59. The van der Waals surface area contributed by atoms with Gasteiger partial charge in [-0.15, -0.1) is 0 Å². The fourth-order valence-corrected chi connectivity index (χ4v) is 20.1. The number of benzene rings is 3. The Balaban J connectivity index is 1.69. The monoisotopic (exact) mass is 824 g/mol. The minimum atomic E-state index is -2.96. The lowest BCUT2D eigenvalue weighted by atomic mass is 9.94. The molecule has 0 saturated carbocycles. The normalized spacial score (nSPS) is 18.1. The van der Waals surface area contributed by atoms with Gasteiger partial charge in [0, 0.05) is 23.5 Å². The van der Waals surface area contributed by atoms with E-state index in [4.69, 9.17) is 17.7 Å². The Morgan fingerprint density at radius 3 is 1.72 bits per heavy atom. The smallest absolute Gasteiger partial charge is 0.334 e. The van der Waals surface area contributed by atoms with E-state index < -0.39 is 23.2 Å². The van der Waals surface area contributed by atoms with Crippen LogP contribution in [-0.4, -0.2) is 52.4 Å². The van der Waals surface area contributed by atoms with E-state index in [1.54, 1.807) is 0 Å². The molecule has 1 aliphatic rings. The molecule has 0 radical (unpaired) electrons. The number of anilines is 1. The molecule has 1 amide bonds. The second-order valence-electron chi connectivity index (χ2n) is 17.4. The van der Waals surface area contributed by atoms with E-state index in [2.05, 4.69) is 116 Å². The highest BCUT2D eigenvalue weighted by Crippen LogP contribution is 2.48. The van der Waals surface area contributed by atoms with Crippen LogP contribution in [0.1, 0.15) is 124 Å². The molecule has 1 aliphatic heterocycles. The molecule has 0 aliphatic carbocycles. The highest BCUT2D eigenvalue weighted by molar-refractivity contribution is 6.84. The van der Waals surface area contributed by atoms with Crippen molar-refractivity contribution in [2.24, 2.45) is 0 Å². The van der Waals surface area contributed by atoms with E-state index in [1.165, 1.54) is 0 Å². The number of carbonyl (C=O) groups excluding carboxylic acids is 2. The standard InChI is InChI=1S/C48H68N2O6Si2/c1-12-30-53-43(51)32-42-31-41(54-57(34(4)5,35(6)7)56-58(55-42,36(8)9)37(10)11)28-29-50-46(33(2)3)45(48(52)49-40-26-20-15-21-27-40)44(38-22-16-13-17-23-38)47(50)39-24-18-14-19-25-39/h13-27,33-37,41-42H,12,28-32H2,1-11H3,(H,49,52). The van der Waals surface area contributed by atoms with Gasteiger partial charge in [-0.25, -0.2) is 0 Å². The van der Waals surface area contributed by atoms with Crippen molar-refractivity contribution in [1.29, 1.82) is 0 Å². The molecule has 1 fully saturated rings. The van der Waals surface area contributed by atoms with Crippen LogP contribution in [-0.2, 0) is 29.0 Å². The van der Waals surface area contributed by atoms with Gasteiger partial charge >= 0.3 is 23.1 Å². The van der Waals surface area contributed by atoms with Crippen molar-refractivity contribution in [3.63, 3.8) is 0 Å². The molecule has 1 aromatic heterocycles. The number of carbonyl (C=O) groups is 2. The molecule has 4 aromatic rings. The van der Waals surface area contributed by atoms with Gasteiger partial charge in [0.2, 0.25) is 0 Å². The first-order valence-corrected chi connectivity index (χ1v) is 25.5.